The van der Waals surface area contributed by atoms with Crippen molar-refractivity contribution in [2.45, 2.75) is 17.5 Å². The van der Waals surface area contributed by atoms with Gasteiger partial charge in [0.2, 0.25) is 11.5 Å². The van der Waals surface area contributed by atoms with Gasteiger partial charge in [0.05, 0.1) is 6.04 Å². The van der Waals surface area contributed by atoms with Crippen LogP contribution in [0.25, 0.3) is 0 Å². The number of nitrogens with one attached hydrogen (secondary N) is 1. The van der Waals surface area contributed by atoms with E-state index in [1.54, 1.807) is 0 Å². The number of nitrogen functional groups attached to an aromatic ring is 1. The van der Waals surface area contributed by atoms with E-state index in [-0.39, 0.29) is 34.7 Å². The van der Waals surface area contributed by atoms with Gasteiger partial charge in [0.15, 0.2) is 5.13 Å². The number of hydrogen-bond donors (Lipinski definition) is 5. The van der Waals surface area contributed by atoms with Gasteiger partial charge in [-0.2, -0.15) is 9.36 Å². The van der Waals surface area contributed by atoms with Crippen molar-refractivity contribution in [2.24, 2.45) is 16.6 Å². The number of oxime groups is 1. The Balaban J connectivity index is 1.70. The topological polar surface area (TPSA) is 238 Å². The molecule has 1 aromatic heterocycles. The van der Waals surface area contributed by atoms with Gasteiger partial charge in [0.1, 0.15) is 30.8 Å². The number of carboxylic acids is 1. The molecule has 3 rings (SSSR count). The fourth-order valence-electron chi connectivity index (χ4n) is 2.95. The van der Waals surface area contributed by atoms with E-state index >= 15 is 0 Å². The summed E-state index contributed by atoms with van der Waals surface area (Å²) in [5.41, 5.74) is 15.7. The van der Waals surface area contributed by atoms with Gasteiger partial charge in [-0.05, 0) is 5.41 Å². The van der Waals surface area contributed by atoms with Crippen LogP contribution in [0.5, 0.6) is 0 Å². The van der Waals surface area contributed by atoms with Crippen LogP contribution in [-0.2, 0) is 24.0 Å². The van der Waals surface area contributed by atoms with E-state index in [0.717, 1.165) is 28.2 Å². The summed E-state index contributed by atoms with van der Waals surface area (Å²) in [5, 5.41) is 16.9. The molecular formula is C17H20N8O7S3. The van der Waals surface area contributed by atoms with Crippen molar-refractivity contribution in [1.29, 1.82) is 0 Å². The largest absolute Gasteiger partial charge is 0.477 e. The highest BCUT2D eigenvalue weighted by Crippen LogP contribution is 2.43. The van der Waals surface area contributed by atoms with E-state index in [0.29, 0.717) is 4.91 Å². The Bertz CT molecular complexity index is 1120. The lowest BCUT2D eigenvalue weighted by molar-refractivity contribution is -0.150. The molecule has 1 saturated heterocycles. The van der Waals surface area contributed by atoms with Gasteiger partial charge in [0, 0.05) is 22.2 Å². The third kappa shape index (κ3) is 6.02. The van der Waals surface area contributed by atoms with Crippen LogP contribution in [0.4, 0.5) is 9.93 Å². The molecule has 3 amide bonds. The van der Waals surface area contributed by atoms with E-state index in [2.05, 4.69) is 29.4 Å². The summed E-state index contributed by atoms with van der Waals surface area (Å²) in [6, 6.07) is -1.65. The van der Waals surface area contributed by atoms with Crippen molar-refractivity contribution < 1.29 is 33.9 Å². The highest BCUT2D eigenvalue weighted by molar-refractivity contribution is 8.08. The number of fused-ring (bicyclic) bond motifs is 1. The lowest BCUT2D eigenvalue weighted by Gasteiger charge is -2.49. The van der Waals surface area contributed by atoms with Gasteiger partial charge in [-0.15, -0.1) is 11.8 Å². The number of carbonyl (C=O) groups is 4. The van der Waals surface area contributed by atoms with Crippen molar-refractivity contribution in [2.75, 3.05) is 25.2 Å². The number of amides is 3. The first-order valence-corrected chi connectivity index (χ1v) is 12.3. The molecule has 15 nitrogen and oxygen atoms in total. The molecule has 0 radical (unpaired) electrons. The van der Waals surface area contributed by atoms with Crippen molar-refractivity contribution in [3.05, 3.63) is 27.9 Å². The average molecular weight is 545 g/mol. The molecule has 2 aliphatic rings. The van der Waals surface area contributed by atoms with Crippen LogP contribution in [-0.4, -0.2) is 85.9 Å². The van der Waals surface area contributed by atoms with Crippen LogP contribution in [0, 0.1) is 0 Å². The molecule has 3 atom stereocenters. The summed E-state index contributed by atoms with van der Waals surface area (Å²) in [4.78, 5) is 58.2. The minimum atomic E-state index is -1.30. The fourth-order valence-corrected chi connectivity index (χ4v) is 5.80. The van der Waals surface area contributed by atoms with Crippen LogP contribution >= 0.6 is 35.1 Å². The summed E-state index contributed by atoms with van der Waals surface area (Å²) in [6.07, 6.45) is 0.547. The lowest BCUT2D eigenvalue weighted by Crippen LogP contribution is -2.71. The number of thioether (sulfide) groups is 2. The van der Waals surface area contributed by atoms with E-state index in [9.17, 15) is 24.3 Å². The van der Waals surface area contributed by atoms with Gasteiger partial charge in [-0.3, -0.25) is 14.5 Å². The van der Waals surface area contributed by atoms with Crippen LogP contribution in [0.15, 0.2) is 27.2 Å². The van der Waals surface area contributed by atoms with Crippen LogP contribution in [0.3, 0.4) is 0 Å². The summed E-state index contributed by atoms with van der Waals surface area (Å²) in [5.74, 6) is -2.49. The Morgan fingerprint density at radius 2 is 2.20 bits per heavy atom. The minimum Gasteiger partial charge on any atom is -0.477 e. The third-order valence-corrected chi connectivity index (χ3v) is 7.35. The quantitative estimate of drug-likeness (QED) is 0.133. The van der Waals surface area contributed by atoms with Crippen LogP contribution in [0.2, 0.25) is 0 Å². The maximum absolute atomic E-state index is 12.8. The Morgan fingerprint density at radius 3 is 2.80 bits per heavy atom. The maximum atomic E-state index is 12.8. The van der Waals surface area contributed by atoms with Crippen molar-refractivity contribution in [3.8, 4) is 0 Å². The second-order valence-electron chi connectivity index (χ2n) is 6.76. The molecule has 1 aromatic rings. The minimum absolute atomic E-state index is 0.0668. The molecule has 1 fully saturated rings. The van der Waals surface area contributed by atoms with Gasteiger partial charge < -0.3 is 37.2 Å². The standard InChI is InChI=1S/C17H20N8O7S3/c1-31-23-8(11-22-16(19)35-24-11)12(26)21-9-13(27)25-10(15(28)29)7(5-34-14(9)25)33-3-2-6(18)4-32-17(20)30/h2-3,6,9,14H,4-5,18H2,1H3,(H2,20,30)(H,21,26)(H,28,29)(H2,19,22,24)/b3-2-,23-8-/t6-,9?,14-/m1/s1. The molecule has 0 aliphatic carbocycles. The molecule has 0 spiro atoms. The van der Waals surface area contributed by atoms with Gasteiger partial charge >= 0.3 is 12.1 Å². The summed E-state index contributed by atoms with van der Waals surface area (Å²) >= 11 is 3.19. The van der Waals surface area contributed by atoms with Crippen LogP contribution < -0.4 is 22.5 Å². The molecule has 0 aromatic carbocycles. The normalized spacial score (nSPS) is 20.8. The molecule has 0 bridgehead atoms. The molecule has 35 heavy (non-hydrogen) atoms. The second-order valence-corrected chi connectivity index (χ2v) is 9.65. The predicted molar refractivity (Wildman–Crippen MR) is 128 cm³/mol. The summed E-state index contributed by atoms with van der Waals surface area (Å²) < 4.78 is 8.50. The molecule has 188 valence electrons. The first kappa shape index (κ1) is 26.3. The number of primary amides is 1. The molecule has 8 N–H and O–H groups in total. The highest BCUT2D eigenvalue weighted by atomic mass is 32.2. The van der Waals surface area contributed by atoms with E-state index in [4.69, 9.17) is 17.2 Å². The van der Waals surface area contributed by atoms with Gasteiger partial charge in [-0.1, -0.05) is 23.0 Å². The number of aromatic nitrogens is 2. The van der Waals surface area contributed by atoms with Crippen LogP contribution in [0.1, 0.15) is 5.82 Å². The monoisotopic (exact) mass is 544 g/mol. The molecule has 2 aliphatic heterocycles. The number of aliphatic carboxylic acids is 1. The molecule has 1 unspecified atom stereocenters. The Morgan fingerprint density at radius 1 is 1.46 bits per heavy atom. The second kappa shape index (κ2) is 11.4. The number of ether oxygens (including phenoxy) is 1. The number of carbonyl (C=O) groups excluding carboxylic acids is 3. The number of β-lactam (4-membered cyclic amide) rings is 1. The number of nitrogens with zero attached hydrogens (tertiary/aromatic N) is 4. The number of rotatable bonds is 10. The number of hydrogen-bond acceptors (Lipinski definition) is 14. The summed E-state index contributed by atoms with van der Waals surface area (Å²) in [6.45, 7) is -0.141. The lowest BCUT2D eigenvalue weighted by atomic mass is 10.0. The molecule has 18 heteroatoms. The third-order valence-electron chi connectivity index (χ3n) is 4.43. The van der Waals surface area contributed by atoms with Crippen molar-refractivity contribution in [1.82, 2.24) is 19.6 Å². The first-order chi connectivity index (χ1) is 16.6. The van der Waals surface area contributed by atoms with E-state index in [1.165, 1.54) is 30.4 Å². The maximum Gasteiger partial charge on any atom is 0.404 e. The highest BCUT2D eigenvalue weighted by Gasteiger charge is 2.54. The Labute approximate surface area is 210 Å². The fraction of sp³-hybridized carbons (Fsp3) is 0.353. The first-order valence-electron chi connectivity index (χ1n) is 9.57. The van der Waals surface area contributed by atoms with Crippen molar-refractivity contribution >= 4 is 69.8 Å². The van der Waals surface area contributed by atoms with Gasteiger partial charge in [0.25, 0.3) is 11.8 Å². The smallest absolute Gasteiger partial charge is 0.404 e. The number of anilines is 1. The Hall–Kier alpha value is -3.35. The zero-order valence-electron chi connectivity index (χ0n) is 17.9. The zero-order chi connectivity index (χ0) is 25.7. The number of nitrogens with two attached hydrogens (primary N) is 3. The number of carboxylic acid groups (broad SMARTS) is 1. The molecule has 0 saturated carbocycles. The van der Waals surface area contributed by atoms with E-state index in [1.807, 2.05) is 0 Å². The Kier molecular flexibility index (Phi) is 8.54. The average Bonchev–Trinajstić information content (AvgIpc) is 3.24. The molecular weight excluding hydrogens is 524 g/mol. The predicted octanol–water partition coefficient (Wildman–Crippen LogP) is -1.16. The molecule has 3 heterocycles. The van der Waals surface area contributed by atoms with Gasteiger partial charge in [-0.25, -0.2) is 9.59 Å². The summed E-state index contributed by atoms with van der Waals surface area (Å²) in [7, 11) is 1.23. The van der Waals surface area contributed by atoms with E-state index < -0.39 is 41.3 Å². The SMILES string of the molecule is CO/N=C(\C(=O)NC1C(=O)N2C(C(=O)O)=C(S/C=C\[C@@H](N)COC(N)=O)CS[C@H]12)c1nsc(N)n1. The zero-order valence-corrected chi connectivity index (χ0v) is 20.4. The van der Waals surface area contributed by atoms with Crippen molar-refractivity contribution in [3.63, 3.8) is 0 Å².